The number of carbonyl (C=O) groups excluding carboxylic acids is 1. The molecule has 1 unspecified atom stereocenters. The average molecular weight is 413 g/mol. The molecule has 0 aliphatic carbocycles. The largest absolute Gasteiger partial charge is 0.497 e. The molecular formula is C23H32N4O3. The third-order valence-electron chi connectivity index (χ3n) is 5.94. The topological polar surface area (TPSA) is 98.5 Å². The molecule has 3 rings (SSSR count). The molecule has 1 aromatic carbocycles. The highest BCUT2D eigenvalue weighted by Gasteiger charge is 2.41. The summed E-state index contributed by atoms with van der Waals surface area (Å²) in [5.41, 5.74) is 6.57. The van der Waals surface area contributed by atoms with E-state index >= 15 is 0 Å². The normalized spacial score (nSPS) is 16.6. The summed E-state index contributed by atoms with van der Waals surface area (Å²) in [4.78, 5) is 17.1. The van der Waals surface area contributed by atoms with E-state index < -0.39 is 11.4 Å². The van der Waals surface area contributed by atoms with Gasteiger partial charge in [0.15, 0.2) is 0 Å². The van der Waals surface area contributed by atoms with E-state index in [0.717, 1.165) is 37.9 Å². The lowest BCUT2D eigenvalue weighted by Gasteiger charge is -2.35. The van der Waals surface area contributed by atoms with Gasteiger partial charge in [0.1, 0.15) is 17.0 Å². The highest BCUT2D eigenvalue weighted by Crippen LogP contribution is 2.36. The average Bonchev–Trinajstić information content (AvgIpc) is 2.79. The SMILES string of the molecule is COc1ccc(OC)c(C(Cc2ccncc2)(NCCC2CCNCC2)C(N)=O)c1. The van der Waals surface area contributed by atoms with Gasteiger partial charge < -0.3 is 20.5 Å². The summed E-state index contributed by atoms with van der Waals surface area (Å²) in [6.07, 6.45) is 7.12. The van der Waals surface area contributed by atoms with Crippen molar-refractivity contribution in [2.24, 2.45) is 11.7 Å². The first-order valence-electron chi connectivity index (χ1n) is 10.5. The summed E-state index contributed by atoms with van der Waals surface area (Å²) >= 11 is 0. The zero-order valence-corrected chi connectivity index (χ0v) is 17.8. The van der Waals surface area contributed by atoms with Crippen LogP contribution >= 0.6 is 0 Å². The van der Waals surface area contributed by atoms with E-state index in [4.69, 9.17) is 15.2 Å². The van der Waals surface area contributed by atoms with E-state index in [0.29, 0.717) is 35.9 Å². The number of piperidine rings is 1. The molecule has 1 amide bonds. The van der Waals surface area contributed by atoms with Crippen molar-refractivity contribution in [2.75, 3.05) is 33.9 Å². The van der Waals surface area contributed by atoms with Crippen LogP contribution in [-0.2, 0) is 16.8 Å². The van der Waals surface area contributed by atoms with Gasteiger partial charge in [0.25, 0.3) is 0 Å². The molecule has 2 aromatic rings. The molecule has 0 spiro atoms. The fourth-order valence-corrected chi connectivity index (χ4v) is 4.17. The number of benzene rings is 1. The van der Waals surface area contributed by atoms with E-state index in [9.17, 15) is 4.79 Å². The number of primary amides is 1. The van der Waals surface area contributed by atoms with Crippen LogP contribution in [-0.4, -0.2) is 44.7 Å². The van der Waals surface area contributed by atoms with Gasteiger partial charge >= 0.3 is 0 Å². The third-order valence-corrected chi connectivity index (χ3v) is 5.94. The number of nitrogens with two attached hydrogens (primary N) is 1. The van der Waals surface area contributed by atoms with Crippen molar-refractivity contribution < 1.29 is 14.3 Å². The Morgan fingerprint density at radius 2 is 1.93 bits per heavy atom. The Hall–Kier alpha value is -2.64. The van der Waals surface area contributed by atoms with Gasteiger partial charge in [-0.15, -0.1) is 0 Å². The van der Waals surface area contributed by atoms with Gasteiger partial charge in [-0.2, -0.15) is 0 Å². The number of ether oxygens (including phenoxy) is 2. The van der Waals surface area contributed by atoms with Gasteiger partial charge in [-0.25, -0.2) is 0 Å². The summed E-state index contributed by atoms with van der Waals surface area (Å²) < 4.78 is 11.0. The Balaban J connectivity index is 1.96. The van der Waals surface area contributed by atoms with E-state index in [-0.39, 0.29) is 0 Å². The zero-order chi connectivity index (χ0) is 21.4. The lowest BCUT2D eigenvalue weighted by molar-refractivity contribution is -0.125. The number of hydrogen-bond donors (Lipinski definition) is 3. The maximum absolute atomic E-state index is 13.0. The van der Waals surface area contributed by atoms with Crippen molar-refractivity contribution in [3.8, 4) is 11.5 Å². The molecule has 1 aliphatic heterocycles. The second kappa shape index (κ2) is 10.4. The quantitative estimate of drug-likeness (QED) is 0.552. The van der Waals surface area contributed by atoms with Crippen LogP contribution in [0.25, 0.3) is 0 Å². The van der Waals surface area contributed by atoms with Crippen LogP contribution in [0.15, 0.2) is 42.7 Å². The maximum atomic E-state index is 13.0. The second-order valence-electron chi connectivity index (χ2n) is 7.78. The molecule has 1 saturated heterocycles. The smallest absolute Gasteiger partial charge is 0.242 e. The van der Waals surface area contributed by atoms with Crippen LogP contribution in [0.5, 0.6) is 11.5 Å². The molecule has 1 fully saturated rings. The van der Waals surface area contributed by atoms with Gasteiger partial charge in [-0.3, -0.25) is 15.1 Å². The van der Waals surface area contributed by atoms with E-state index in [1.54, 1.807) is 26.6 Å². The first-order chi connectivity index (χ1) is 14.6. The zero-order valence-electron chi connectivity index (χ0n) is 17.8. The molecule has 7 nitrogen and oxygen atoms in total. The van der Waals surface area contributed by atoms with Gasteiger partial charge in [-0.1, -0.05) is 0 Å². The summed E-state index contributed by atoms with van der Waals surface area (Å²) in [5.74, 6) is 1.43. The molecule has 162 valence electrons. The molecule has 1 aromatic heterocycles. The van der Waals surface area contributed by atoms with Crippen molar-refractivity contribution in [3.63, 3.8) is 0 Å². The van der Waals surface area contributed by atoms with E-state index in [1.165, 1.54) is 0 Å². The van der Waals surface area contributed by atoms with Gasteiger partial charge in [0.2, 0.25) is 5.91 Å². The van der Waals surface area contributed by atoms with Crippen molar-refractivity contribution in [2.45, 2.75) is 31.2 Å². The van der Waals surface area contributed by atoms with Crippen LogP contribution in [0.1, 0.15) is 30.4 Å². The van der Waals surface area contributed by atoms with E-state index in [1.807, 2.05) is 30.3 Å². The number of rotatable bonds is 10. The predicted molar refractivity (Wildman–Crippen MR) is 117 cm³/mol. The second-order valence-corrected chi connectivity index (χ2v) is 7.78. The maximum Gasteiger partial charge on any atom is 0.242 e. The molecule has 4 N–H and O–H groups in total. The van der Waals surface area contributed by atoms with Crippen LogP contribution < -0.4 is 25.8 Å². The minimum absolute atomic E-state index is 0.389. The fourth-order valence-electron chi connectivity index (χ4n) is 4.17. The number of hydrogen-bond acceptors (Lipinski definition) is 6. The number of carbonyl (C=O) groups is 1. The summed E-state index contributed by atoms with van der Waals surface area (Å²) in [7, 11) is 3.20. The molecular weight excluding hydrogens is 380 g/mol. The lowest BCUT2D eigenvalue weighted by atomic mass is 9.81. The molecule has 7 heteroatoms. The predicted octanol–water partition coefficient (Wildman–Crippen LogP) is 2.00. The van der Waals surface area contributed by atoms with Crippen molar-refractivity contribution in [1.82, 2.24) is 15.6 Å². The number of aromatic nitrogens is 1. The Morgan fingerprint density at radius 1 is 1.20 bits per heavy atom. The van der Waals surface area contributed by atoms with Crippen molar-refractivity contribution in [3.05, 3.63) is 53.9 Å². The number of methoxy groups -OCH3 is 2. The number of amides is 1. The van der Waals surface area contributed by atoms with Crippen LogP contribution in [0.3, 0.4) is 0 Å². The minimum atomic E-state index is -1.13. The molecule has 0 bridgehead atoms. The van der Waals surface area contributed by atoms with Gasteiger partial charge in [-0.05, 0) is 80.7 Å². The summed E-state index contributed by atoms with van der Waals surface area (Å²) in [6.45, 7) is 2.78. The molecule has 0 saturated carbocycles. The van der Waals surface area contributed by atoms with Crippen molar-refractivity contribution in [1.29, 1.82) is 0 Å². The van der Waals surface area contributed by atoms with Gasteiger partial charge in [0, 0.05) is 24.4 Å². The minimum Gasteiger partial charge on any atom is -0.497 e. The highest BCUT2D eigenvalue weighted by molar-refractivity contribution is 5.87. The number of nitrogens with one attached hydrogen (secondary N) is 2. The summed E-state index contributed by atoms with van der Waals surface area (Å²) in [5, 5.41) is 6.91. The van der Waals surface area contributed by atoms with E-state index in [2.05, 4.69) is 15.6 Å². The molecule has 1 aliphatic rings. The number of pyridine rings is 1. The highest BCUT2D eigenvalue weighted by atomic mass is 16.5. The molecule has 1 atom stereocenters. The third kappa shape index (κ3) is 5.09. The lowest BCUT2D eigenvalue weighted by Crippen LogP contribution is -2.55. The van der Waals surface area contributed by atoms with Crippen LogP contribution in [0, 0.1) is 5.92 Å². The molecule has 30 heavy (non-hydrogen) atoms. The first kappa shape index (κ1) is 22.1. The molecule has 2 heterocycles. The van der Waals surface area contributed by atoms with Crippen LogP contribution in [0.2, 0.25) is 0 Å². The van der Waals surface area contributed by atoms with Crippen LogP contribution in [0.4, 0.5) is 0 Å². The Morgan fingerprint density at radius 3 is 2.57 bits per heavy atom. The van der Waals surface area contributed by atoms with Gasteiger partial charge in [0.05, 0.1) is 14.2 Å². The van der Waals surface area contributed by atoms with Crippen molar-refractivity contribution >= 4 is 5.91 Å². The number of nitrogens with zero attached hydrogens (tertiary/aromatic N) is 1. The summed E-state index contributed by atoms with van der Waals surface area (Å²) in [6, 6.07) is 9.27. The monoisotopic (exact) mass is 412 g/mol. The fraction of sp³-hybridized carbons (Fsp3) is 0.478. The molecule has 0 radical (unpaired) electrons. The Labute approximate surface area is 178 Å². The Bertz CT molecular complexity index is 824. The Kier molecular flexibility index (Phi) is 7.65. The standard InChI is InChI=1S/C23H32N4O3/c1-29-19-3-4-21(30-2)20(15-19)23(22(24)28,16-18-7-12-26-13-8-18)27-14-9-17-5-10-25-11-6-17/h3-4,7-8,12-13,15,17,25,27H,5-6,9-11,14,16H2,1-2H3,(H2,24,28). The first-order valence-corrected chi connectivity index (χ1v) is 10.5.